The Hall–Kier alpha value is -1.34. The van der Waals surface area contributed by atoms with E-state index < -0.39 is 0 Å². The number of fused-ring (bicyclic) bond motifs is 1. The number of allylic oxidation sites excluding steroid dienone is 2. The highest BCUT2D eigenvalue weighted by Crippen LogP contribution is 2.52. The largest absolute Gasteiger partial charge is 0.327 e. The zero-order valence-corrected chi connectivity index (χ0v) is 9.34. The van der Waals surface area contributed by atoms with Crippen LogP contribution in [-0.2, 0) is 6.42 Å². The molecular weight excluding hydrogens is 194 g/mol. The van der Waals surface area contributed by atoms with Crippen LogP contribution in [-0.4, -0.2) is 6.54 Å². The van der Waals surface area contributed by atoms with Gasteiger partial charge in [0.25, 0.3) is 0 Å². The summed E-state index contributed by atoms with van der Waals surface area (Å²) in [5.41, 5.74) is 8.42. The van der Waals surface area contributed by atoms with E-state index >= 15 is 0 Å². The molecule has 1 heteroatoms. The molecule has 0 saturated heterocycles. The molecule has 2 N–H and O–H groups in total. The van der Waals surface area contributed by atoms with Crippen LogP contribution in [0.3, 0.4) is 0 Å². The third-order valence-electron chi connectivity index (χ3n) is 3.78. The number of hydrogen-bond donors (Lipinski definition) is 1. The van der Waals surface area contributed by atoms with E-state index in [4.69, 9.17) is 5.73 Å². The lowest BCUT2D eigenvalue weighted by molar-refractivity contribution is 0.765. The Bertz CT molecular complexity index is 430. The zero-order valence-electron chi connectivity index (χ0n) is 9.34. The lowest BCUT2D eigenvalue weighted by atomic mass is 10.1. The minimum atomic E-state index is 0.678. The van der Waals surface area contributed by atoms with Gasteiger partial charge >= 0.3 is 0 Å². The number of nitrogens with two attached hydrogens (primary N) is 1. The second-order valence-corrected chi connectivity index (χ2v) is 4.81. The van der Waals surface area contributed by atoms with E-state index in [-0.39, 0.29) is 0 Å². The fourth-order valence-electron chi connectivity index (χ4n) is 2.77. The lowest BCUT2D eigenvalue weighted by Crippen LogP contribution is -2.02. The highest BCUT2D eigenvalue weighted by molar-refractivity contribution is 5.34. The summed E-state index contributed by atoms with van der Waals surface area (Å²) in [5.74, 6) is 2.34. The second-order valence-electron chi connectivity index (χ2n) is 4.81. The van der Waals surface area contributed by atoms with E-state index in [1.165, 1.54) is 17.6 Å². The summed E-state index contributed by atoms with van der Waals surface area (Å²) >= 11 is 0. The zero-order chi connectivity index (χ0) is 11.0. The minimum Gasteiger partial charge on any atom is -0.327 e. The minimum absolute atomic E-state index is 0.678. The van der Waals surface area contributed by atoms with Crippen molar-refractivity contribution in [2.45, 2.75) is 6.42 Å². The van der Waals surface area contributed by atoms with E-state index in [9.17, 15) is 0 Å². The van der Waals surface area contributed by atoms with Crippen LogP contribution in [0.5, 0.6) is 0 Å². The molecule has 3 atom stereocenters. The van der Waals surface area contributed by atoms with Gasteiger partial charge in [-0.05, 0) is 35.3 Å². The topological polar surface area (TPSA) is 26.0 Å². The summed E-state index contributed by atoms with van der Waals surface area (Å²) in [6, 6.07) is 10.8. The SMILES string of the molecule is NCC1=CC2C(C=C1)C2Cc1ccccc1. The Morgan fingerprint density at radius 2 is 1.88 bits per heavy atom. The van der Waals surface area contributed by atoms with Crippen molar-refractivity contribution < 1.29 is 0 Å². The van der Waals surface area contributed by atoms with Crippen molar-refractivity contribution in [1.29, 1.82) is 0 Å². The van der Waals surface area contributed by atoms with Gasteiger partial charge in [-0.15, -0.1) is 0 Å². The second kappa shape index (κ2) is 3.91. The molecule has 0 aromatic heterocycles. The lowest BCUT2D eigenvalue weighted by Gasteiger charge is -2.00. The van der Waals surface area contributed by atoms with Crippen molar-refractivity contribution >= 4 is 0 Å². The van der Waals surface area contributed by atoms with Gasteiger partial charge in [0, 0.05) is 6.54 Å². The molecule has 0 bridgehead atoms. The summed E-state index contributed by atoms with van der Waals surface area (Å²) in [7, 11) is 0. The number of hydrogen-bond acceptors (Lipinski definition) is 1. The molecule has 1 saturated carbocycles. The highest BCUT2D eigenvalue weighted by atomic mass is 14.6. The number of rotatable bonds is 3. The van der Waals surface area contributed by atoms with E-state index in [0.717, 1.165) is 17.8 Å². The maximum Gasteiger partial charge on any atom is 0.0174 e. The summed E-state index contributed by atoms with van der Waals surface area (Å²) in [6.07, 6.45) is 8.12. The summed E-state index contributed by atoms with van der Waals surface area (Å²) < 4.78 is 0. The van der Waals surface area contributed by atoms with Crippen molar-refractivity contribution in [2.24, 2.45) is 23.5 Å². The van der Waals surface area contributed by atoms with Crippen LogP contribution in [0, 0.1) is 17.8 Å². The first-order valence-electron chi connectivity index (χ1n) is 6.01. The Morgan fingerprint density at radius 1 is 1.06 bits per heavy atom. The van der Waals surface area contributed by atoms with Crippen LogP contribution in [0.25, 0.3) is 0 Å². The Balaban J connectivity index is 1.69. The quantitative estimate of drug-likeness (QED) is 0.817. The van der Waals surface area contributed by atoms with Gasteiger partial charge in [0.1, 0.15) is 0 Å². The van der Waals surface area contributed by atoms with Crippen molar-refractivity contribution in [1.82, 2.24) is 0 Å². The van der Waals surface area contributed by atoms with E-state index in [1.54, 1.807) is 0 Å². The number of benzene rings is 1. The first-order chi connectivity index (χ1) is 7.88. The van der Waals surface area contributed by atoms with Gasteiger partial charge in [-0.25, -0.2) is 0 Å². The van der Waals surface area contributed by atoms with Crippen molar-refractivity contribution in [3.05, 3.63) is 59.7 Å². The molecule has 3 unspecified atom stereocenters. The highest BCUT2D eigenvalue weighted by Gasteiger charge is 2.47. The molecule has 2 aliphatic rings. The summed E-state index contributed by atoms with van der Waals surface area (Å²) in [6.45, 7) is 0.678. The smallest absolute Gasteiger partial charge is 0.0174 e. The molecule has 0 spiro atoms. The molecule has 0 aliphatic heterocycles. The van der Waals surface area contributed by atoms with Gasteiger partial charge < -0.3 is 5.73 Å². The predicted molar refractivity (Wildman–Crippen MR) is 66.9 cm³/mol. The van der Waals surface area contributed by atoms with Crippen LogP contribution in [0.1, 0.15) is 5.56 Å². The molecular formula is C15H17N. The molecule has 2 aliphatic carbocycles. The summed E-state index contributed by atoms with van der Waals surface area (Å²) in [5, 5.41) is 0. The third kappa shape index (κ3) is 1.72. The molecule has 0 radical (unpaired) electrons. The van der Waals surface area contributed by atoms with Crippen molar-refractivity contribution in [3.8, 4) is 0 Å². The molecule has 1 nitrogen and oxygen atoms in total. The van der Waals surface area contributed by atoms with Crippen molar-refractivity contribution in [3.63, 3.8) is 0 Å². The Morgan fingerprint density at radius 3 is 2.62 bits per heavy atom. The standard InChI is InChI=1S/C15H17N/c16-10-12-6-7-13-14(15(13)9-12)8-11-4-2-1-3-5-11/h1-7,9,13-15H,8,10,16H2. The molecule has 1 aromatic carbocycles. The fourth-order valence-corrected chi connectivity index (χ4v) is 2.77. The monoisotopic (exact) mass is 211 g/mol. The third-order valence-corrected chi connectivity index (χ3v) is 3.78. The van der Waals surface area contributed by atoms with Gasteiger partial charge in [-0.1, -0.05) is 48.6 Å². The molecule has 1 aromatic rings. The van der Waals surface area contributed by atoms with Gasteiger partial charge in [-0.2, -0.15) is 0 Å². The molecule has 0 amide bonds. The average Bonchev–Trinajstić information content (AvgIpc) is 3.03. The van der Waals surface area contributed by atoms with E-state index in [0.29, 0.717) is 6.54 Å². The first-order valence-corrected chi connectivity index (χ1v) is 6.01. The first kappa shape index (κ1) is 9.86. The van der Waals surface area contributed by atoms with Gasteiger partial charge in [0.15, 0.2) is 0 Å². The van der Waals surface area contributed by atoms with Gasteiger partial charge in [0.05, 0.1) is 0 Å². The maximum atomic E-state index is 5.66. The molecule has 16 heavy (non-hydrogen) atoms. The van der Waals surface area contributed by atoms with Crippen molar-refractivity contribution in [2.75, 3.05) is 6.54 Å². The van der Waals surface area contributed by atoms with E-state index in [1.807, 2.05) is 0 Å². The van der Waals surface area contributed by atoms with E-state index in [2.05, 4.69) is 48.6 Å². The average molecular weight is 211 g/mol. The molecule has 1 fully saturated rings. The van der Waals surface area contributed by atoms with Gasteiger partial charge in [0.2, 0.25) is 0 Å². The fraction of sp³-hybridized carbons (Fsp3) is 0.333. The van der Waals surface area contributed by atoms with Crippen LogP contribution in [0.15, 0.2) is 54.1 Å². The summed E-state index contributed by atoms with van der Waals surface area (Å²) in [4.78, 5) is 0. The normalized spacial score (nSPS) is 30.8. The maximum absolute atomic E-state index is 5.66. The molecule has 3 rings (SSSR count). The van der Waals surface area contributed by atoms with Crippen LogP contribution in [0.4, 0.5) is 0 Å². The molecule has 0 heterocycles. The van der Waals surface area contributed by atoms with Crippen LogP contribution in [0.2, 0.25) is 0 Å². The van der Waals surface area contributed by atoms with Gasteiger partial charge in [-0.3, -0.25) is 0 Å². The predicted octanol–water partition coefficient (Wildman–Crippen LogP) is 2.55. The Kier molecular flexibility index (Phi) is 2.41. The Labute approximate surface area is 96.7 Å². The van der Waals surface area contributed by atoms with Crippen LogP contribution < -0.4 is 5.73 Å². The van der Waals surface area contributed by atoms with Crippen LogP contribution >= 0.6 is 0 Å². The molecule has 82 valence electrons.